The van der Waals surface area contributed by atoms with Gasteiger partial charge >= 0.3 is 12.6 Å². The van der Waals surface area contributed by atoms with Crippen LogP contribution in [0.2, 0.25) is 0 Å². The van der Waals surface area contributed by atoms with E-state index in [0.717, 1.165) is 23.1 Å². The predicted octanol–water partition coefficient (Wildman–Crippen LogP) is 4.04. The van der Waals surface area contributed by atoms with Crippen molar-refractivity contribution in [2.45, 2.75) is 19.5 Å². The molecular weight excluding hydrogens is 366 g/mol. The minimum atomic E-state index is -2.83. The number of carbonyl (C=O) groups is 1. The number of benzene rings is 2. The summed E-state index contributed by atoms with van der Waals surface area (Å²) in [6.07, 6.45) is 3.38. The Morgan fingerprint density at radius 1 is 1.14 bits per heavy atom. The van der Waals surface area contributed by atoms with Crippen LogP contribution >= 0.6 is 0 Å². The number of aromatic hydroxyl groups is 1. The summed E-state index contributed by atoms with van der Waals surface area (Å²) in [5.41, 5.74) is 3.14. The number of nitrogens with zero attached hydrogens (tertiary/aromatic N) is 1. The smallest absolute Gasteiger partial charge is 0.387 e. The Morgan fingerprint density at radius 2 is 1.86 bits per heavy atom. The number of phenols is 1. The van der Waals surface area contributed by atoms with Crippen LogP contribution < -0.4 is 10.1 Å². The Labute approximate surface area is 162 Å². The van der Waals surface area contributed by atoms with Crippen molar-refractivity contribution in [2.24, 2.45) is 0 Å². The number of ether oxygens (including phenoxy) is 1. The first-order chi connectivity index (χ1) is 13.5. The third-order valence-corrected chi connectivity index (χ3v) is 4.57. The lowest BCUT2D eigenvalue weighted by atomic mass is 9.99. The lowest BCUT2D eigenvalue weighted by Crippen LogP contribution is -2.42. The van der Waals surface area contributed by atoms with Crippen molar-refractivity contribution in [1.82, 2.24) is 10.2 Å². The first-order valence-corrected chi connectivity index (χ1v) is 9.06. The molecule has 1 aliphatic heterocycles. The van der Waals surface area contributed by atoms with Crippen molar-refractivity contribution in [3.63, 3.8) is 0 Å². The van der Waals surface area contributed by atoms with Crippen LogP contribution in [0.3, 0.4) is 0 Å². The van der Waals surface area contributed by atoms with Gasteiger partial charge in [0.05, 0.1) is 0 Å². The van der Waals surface area contributed by atoms with Crippen molar-refractivity contribution < 1.29 is 23.4 Å². The Balaban J connectivity index is 1.44. The summed E-state index contributed by atoms with van der Waals surface area (Å²) in [6, 6.07) is 13.3. The largest absolute Gasteiger partial charge is 0.508 e. The zero-order valence-corrected chi connectivity index (χ0v) is 15.3. The molecular formula is C21H22F2N2O3. The third-order valence-electron chi connectivity index (χ3n) is 4.57. The van der Waals surface area contributed by atoms with Crippen LogP contribution in [0.1, 0.15) is 17.5 Å². The maximum absolute atomic E-state index is 12.3. The van der Waals surface area contributed by atoms with Gasteiger partial charge in [0.1, 0.15) is 11.5 Å². The SMILES string of the molecule is O=C(NCCc1ccc(OC(F)F)cc1)N1CC=C(c2ccc(O)cc2)CC1. The van der Waals surface area contributed by atoms with Crippen LogP contribution in [0, 0.1) is 0 Å². The minimum absolute atomic E-state index is 0.118. The Bertz CT molecular complexity index is 821. The van der Waals surface area contributed by atoms with E-state index in [9.17, 15) is 18.7 Å². The topological polar surface area (TPSA) is 61.8 Å². The third kappa shape index (κ3) is 5.45. The van der Waals surface area contributed by atoms with E-state index in [1.54, 1.807) is 29.2 Å². The summed E-state index contributed by atoms with van der Waals surface area (Å²) in [7, 11) is 0. The van der Waals surface area contributed by atoms with Crippen LogP contribution in [0.25, 0.3) is 5.57 Å². The lowest BCUT2D eigenvalue weighted by molar-refractivity contribution is -0.0498. The second kappa shape index (κ2) is 9.21. The number of urea groups is 1. The van der Waals surface area contributed by atoms with Gasteiger partial charge in [-0.05, 0) is 53.8 Å². The van der Waals surface area contributed by atoms with Crippen molar-refractivity contribution in [2.75, 3.05) is 19.6 Å². The van der Waals surface area contributed by atoms with Gasteiger partial charge in [-0.2, -0.15) is 8.78 Å². The molecule has 2 aromatic carbocycles. The summed E-state index contributed by atoms with van der Waals surface area (Å²) in [4.78, 5) is 14.0. The van der Waals surface area contributed by atoms with E-state index in [4.69, 9.17) is 0 Å². The maximum Gasteiger partial charge on any atom is 0.387 e. The first kappa shape index (κ1) is 19.7. The van der Waals surface area contributed by atoms with Crippen molar-refractivity contribution in [3.8, 4) is 11.5 Å². The van der Waals surface area contributed by atoms with Crippen LogP contribution in [-0.4, -0.2) is 42.3 Å². The highest BCUT2D eigenvalue weighted by Crippen LogP contribution is 2.24. The fourth-order valence-corrected chi connectivity index (χ4v) is 3.05. The lowest BCUT2D eigenvalue weighted by Gasteiger charge is -2.27. The maximum atomic E-state index is 12.3. The number of hydrogen-bond acceptors (Lipinski definition) is 3. The molecule has 0 radical (unpaired) electrons. The number of amides is 2. The van der Waals surface area contributed by atoms with Gasteiger partial charge < -0.3 is 20.1 Å². The van der Waals surface area contributed by atoms with Gasteiger partial charge in [0.15, 0.2) is 0 Å². The Kier molecular flexibility index (Phi) is 6.47. The second-order valence-electron chi connectivity index (χ2n) is 6.48. The van der Waals surface area contributed by atoms with Gasteiger partial charge in [-0.25, -0.2) is 4.79 Å². The average molecular weight is 388 g/mol. The predicted molar refractivity (Wildman–Crippen MR) is 102 cm³/mol. The zero-order valence-electron chi connectivity index (χ0n) is 15.3. The van der Waals surface area contributed by atoms with Gasteiger partial charge in [0, 0.05) is 19.6 Å². The van der Waals surface area contributed by atoms with E-state index < -0.39 is 6.61 Å². The summed E-state index contributed by atoms with van der Waals surface area (Å²) in [6.45, 7) is -1.22. The quantitative estimate of drug-likeness (QED) is 0.785. The Morgan fingerprint density at radius 3 is 2.46 bits per heavy atom. The van der Waals surface area contributed by atoms with Crippen molar-refractivity contribution in [1.29, 1.82) is 0 Å². The Hall–Kier alpha value is -3.09. The highest BCUT2D eigenvalue weighted by atomic mass is 19.3. The summed E-state index contributed by atoms with van der Waals surface area (Å²) >= 11 is 0. The molecule has 0 fully saturated rings. The van der Waals surface area contributed by atoms with Crippen LogP contribution in [0.15, 0.2) is 54.6 Å². The normalized spacial score (nSPS) is 14.0. The fraction of sp³-hybridized carbons (Fsp3) is 0.286. The minimum Gasteiger partial charge on any atom is -0.508 e. The van der Waals surface area contributed by atoms with Gasteiger partial charge in [0.25, 0.3) is 0 Å². The summed E-state index contributed by atoms with van der Waals surface area (Å²) < 4.78 is 28.6. The molecule has 2 aromatic rings. The molecule has 0 spiro atoms. The van der Waals surface area contributed by atoms with Crippen molar-refractivity contribution in [3.05, 3.63) is 65.7 Å². The molecule has 2 amide bonds. The number of rotatable bonds is 6. The first-order valence-electron chi connectivity index (χ1n) is 9.06. The van der Waals surface area contributed by atoms with Gasteiger partial charge in [0.2, 0.25) is 0 Å². The number of nitrogens with one attached hydrogen (secondary N) is 1. The highest BCUT2D eigenvalue weighted by Gasteiger charge is 2.17. The van der Waals surface area contributed by atoms with E-state index in [1.165, 1.54) is 12.1 Å². The molecule has 0 saturated carbocycles. The molecule has 0 aliphatic carbocycles. The molecule has 7 heteroatoms. The second-order valence-corrected chi connectivity index (χ2v) is 6.48. The molecule has 2 N–H and O–H groups in total. The number of hydrogen-bond donors (Lipinski definition) is 2. The molecule has 5 nitrogen and oxygen atoms in total. The number of phenolic OH excluding ortho intramolecular Hbond substituents is 1. The van der Waals surface area contributed by atoms with E-state index in [0.29, 0.717) is 26.1 Å². The molecule has 0 saturated heterocycles. The molecule has 28 heavy (non-hydrogen) atoms. The van der Waals surface area contributed by atoms with E-state index in [2.05, 4.69) is 10.1 Å². The molecule has 1 aliphatic rings. The molecule has 0 unspecified atom stereocenters. The van der Waals surface area contributed by atoms with Gasteiger partial charge in [-0.1, -0.05) is 30.3 Å². The fourth-order valence-electron chi connectivity index (χ4n) is 3.05. The number of alkyl halides is 2. The van der Waals surface area contributed by atoms with Crippen LogP contribution in [0.5, 0.6) is 11.5 Å². The molecule has 0 atom stereocenters. The van der Waals surface area contributed by atoms with E-state index in [-0.39, 0.29) is 17.5 Å². The molecule has 148 valence electrons. The summed E-state index contributed by atoms with van der Waals surface area (Å²) in [5, 5.41) is 12.2. The van der Waals surface area contributed by atoms with Gasteiger partial charge in [-0.3, -0.25) is 0 Å². The average Bonchev–Trinajstić information content (AvgIpc) is 2.69. The summed E-state index contributed by atoms with van der Waals surface area (Å²) in [5.74, 6) is 0.352. The zero-order chi connectivity index (χ0) is 19.9. The van der Waals surface area contributed by atoms with E-state index >= 15 is 0 Å². The van der Waals surface area contributed by atoms with Crippen LogP contribution in [-0.2, 0) is 6.42 Å². The monoisotopic (exact) mass is 388 g/mol. The van der Waals surface area contributed by atoms with Gasteiger partial charge in [-0.15, -0.1) is 0 Å². The highest BCUT2D eigenvalue weighted by molar-refractivity contribution is 5.76. The molecule has 0 bridgehead atoms. The van der Waals surface area contributed by atoms with E-state index in [1.807, 2.05) is 18.2 Å². The van der Waals surface area contributed by atoms with Crippen molar-refractivity contribution >= 4 is 11.6 Å². The molecule has 0 aromatic heterocycles. The standard InChI is InChI=1S/C21H22F2N2O3/c22-20(23)28-19-7-1-15(2-8-19)9-12-24-21(27)25-13-10-17(11-14-25)16-3-5-18(26)6-4-16/h1-8,10,20,26H,9,11-14H2,(H,24,27). The molecule has 1 heterocycles. The molecule has 3 rings (SSSR count). The number of halogens is 2. The number of carbonyl (C=O) groups excluding carboxylic acids is 1. The van der Waals surface area contributed by atoms with Crippen LogP contribution in [0.4, 0.5) is 13.6 Å².